The van der Waals surface area contributed by atoms with Crippen LogP contribution < -0.4 is 10.7 Å². The molecule has 1 saturated heterocycles. The molecule has 0 saturated carbocycles. The van der Waals surface area contributed by atoms with Gasteiger partial charge in [0.05, 0.1) is 11.4 Å². The molecule has 1 atom stereocenters. The molecule has 6 nitrogen and oxygen atoms in total. The van der Waals surface area contributed by atoms with Crippen molar-refractivity contribution in [2.75, 3.05) is 19.6 Å². The summed E-state index contributed by atoms with van der Waals surface area (Å²) in [5.41, 5.74) is 0.0365. The summed E-state index contributed by atoms with van der Waals surface area (Å²) in [6.07, 6.45) is 3.48. The Morgan fingerprint density at radius 1 is 1.13 bits per heavy atom. The Kier molecular flexibility index (Phi) is 7.23. The first-order valence-corrected chi connectivity index (χ1v) is 10.2. The van der Waals surface area contributed by atoms with Gasteiger partial charge in [-0.05, 0) is 63.2 Å². The Bertz CT molecular complexity index is 1090. The van der Waals surface area contributed by atoms with Crippen LogP contribution in [0.15, 0.2) is 50.0 Å². The second-order valence-electron chi connectivity index (χ2n) is 7.39. The van der Waals surface area contributed by atoms with Gasteiger partial charge in [-0.25, -0.2) is 0 Å². The summed E-state index contributed by atoms with van der Waals surface area (Å²) in [5.74, 6) is 1.23. The molecule has 3 aromatic rings. The molecule has 30 heavy (non-hydrogen) atoms. The van der Waals surface area contributed by atoms with Crippen LogP contribution in [0.1, 0.15) is 47.4 Å². The maximum atomic E-state index is 12.7. The van der Waals surface area contributed by atoms with E-state index < -0.39 is 5.91 Å². The van der Waals surface area contributed by atoms with Gasteiger partial charge in [-0.15, -0.1) is 12.4 Å². The first-order chi connectivity index (χ1) is 14.0. The number of carbonyl (C=O) groups excluding carboxylic acids is 1. The molecule has 8 heteroatoms. The first-order valence-electron chi connectivity index (χ1n) is 9.83. The molecule has 1 fully saturated rings. The van der Waals surface area contributed by atoms with Crippen LogP contribution in [0.2, 0.25) is 5.02 Å². The third-order valence-electron chi connectivity index (χ3n) is 5.29. The van der Waals surface area contributed by atoms with E-state index in [1.54, 1.807) is 12.1 Å². The lowest BCUT2D eigenvalue weighted by molar-refractivity contribution is 0.0887. The van der Waals surface area contributed by atoms with Gasteiger partial charge in [0.25, 0.3) is 5.91 Å². The molecule has 1 aliphatic heterocycles. The summed E-state index contributed by atoms with van der Waals surface area (Å²) >= 11 is 5.94. The normalized spacial score (nSPS) is 15.5. The highest BCUT2D eigenvalue weighted by Crippen LogP contribution is 2.26. The van der Waals surface area contributed by atoms with Gasteiger partial charge in [0, 0.05) is 17.6 Å². The van der Waals surface area contributed by atoms with E-state index in [4.69, 9.17) is 20.4 Å². The van der Waals surface area contributed by atoms with E-state index in [1.165, 1.54) is 18.6 Å². The van der Waals surface area contributed by atoms with Gasteiger partial charge in [-0.1, -0.05) is 18.0 Å². The highest BCUT2D eigenvalue weighted by molar-refractivity contribution is 6.31. The lowest BCUT2D eigenvalue weighted by Gasteiger charge is -2.33. The number of hydrogen-bond donors (Lipinski definition) is 1. The highest BCUT2D eigenvalue weighted by Gasteiger charge is 2.26. The molecular formula is C22H24Cl2N2O4. The van der Waals surface area contributed by atoms with Crippen molar-refractivity contribution in [3.8, 4) is 0 Å². The Hall–Kier alpha value is -2.28. The van der Waals surface area contributed by atoms with Crippen LogP contribution in [-0.2, 0) is 0 Å². The Labute approximate surface area is 185 Å². The van der Waals surface area contributed by atoms with Gasteiger partial charge >= 0.3 is 0 Å². The van der Waals surface area contributed by atoms with Crippen molar-refractivity contribution in [3.63, 3.8) is 0 Å². The topological polar surface area (TPSA) is 75.7 Å². The molecule has 2 aromatic heterocycles. The van der Waals surface area contributed by atoms with Crippen LogP contribution in [0, 0.1) is 6.92 Å². The van der Waals surface area contributed by atoms with Crippen molar-refractivity contribution < 1.29 is 13.6 Å². The summed E-state index contributed by atoms with van der Waals surface area (Å²) in [5, 5.41) is 3.71. The predicted octanol–water partition coefficient (Wildman–Crippen LogP) is 4.73. The third kappa shape index (κ3) is 4.89. The van der Waals surface area contributed by atoms with Gasteiger partial charge in [0.15, 0.2) is 11.2 Å². The van der Waals surface area contributed by atoms with E-state index in [1.807, 2.05) is 19.1 Å². The standard InChI is InChI=1S/C22H23ClN2O4.ClH/c1-14-5-7-20(28-14)17(25-9-3-2-4-10-25)13-24-22(27)21-12-18(26)16-11-15(23)6-8-19(16)29-21;/h5-8,11-12,17H,2-4,9-10,13H2,1H3,(H,24,27);1H. The number of amides is 1. The van der Waals surface area contributed by atoms with Gasteiger partial charge in [0.1, 0.15) is 17.1 Å². The van der Waals surface area contributed by atoms with Crippen LogP contribution in [0.25, 0.3) is 11.0 Å². The number of piperidine rings is 1. The maximum Gasteiger partial charge on any atom is 0.287 e. The zero-order valence-corrected chi connectivity index (χ0v) is 18.2. The zero-order valence-electron chi connectivity index (χ0n) is 16.7. The van der Waals surface area contributed by atoms with E-state index >= 15 is 0 Å². The molecule has 1 aromatic carbocycles. The molecule has 0 bridgehead atoms. The zero-order chi connectivity index (χ0) is 20.4. The third-order valence-corrected chi connectivity index (χ3v) is 5.53. The van der Waals surface area contributed by atoms with Crippen molar-refractivity contribution in [1.82, 2.24) is 10.2 Å². The van der Waals surface area contributed by atoms with E-state index in [2.05, 4.69) is 10.2 Å². The molecule has 0 spiro atoms. The molecule has 1 aliphatic rings. The van der Waals surface area contributed by atoms with Gasteiger partial charge in [0.2, 0.25) is 0 Å². The number of furan rings is 1. The van der Waals surface area contributed by atoms with Crippen molar-refractivity contribution in [2.45, 2.75) is 32.2 Å². The lowest BCUT2D eigenvalue weighted by Crippen LogP contribution is -2.40. The fourth-order valence-corrected chi connectivity index (χ4v) is 3.96. The fourth-order valence-electron chi connectivity index (χ4n) is 3.79. The molecule has 1 unspecified atom stereocenters. The molecule has 3 heterocycles. The van der Waals surface area contributed by atoms with E-state index in [0.29, 0.717) is 22.5 Å². The average Bonchev–Trinajstić information content (AvgIpc) is 3.15. The van der Waals surface area contributed by atoms with Crippen molar-refractivity contribution in [1.29, 1.82) is 0 Å². The number of likely N-dealkylation sites (tertiary alicyclic amines) is 1. The van der Waals surface area contributed by atoms with E-state index in [-0.39, 0.29) is 29.6 Å². The number of rotatable bonds is 5. The number of halogens is 2. The second kappa shape index (κ2) is 9.69. The quantitative estimate of drug-likeness (QED) is 0.607. The van der Waals surface area contributed by atoms with E-state index in [9.17, 15) is 9.59 Å². The van der Waals surface area contributed by atoms with Crippen LogP contribution >= 0.6 is 24.0 Å². The largest absolute Gasteiger partial charge is 0.465 e. The molecular weight excluding hydrogens is 427 g/mol. The average molecular weight is 451 g/mol. The molecule has 160 valence electrons. The van der Waals surface area contributed by atoms with Gasteiger partial charge in [-0.3, -0.25) is 14.5 Å². The maximum absolute atomic E-state index is 12.7. The van der Waals surface area contributed by atoms with Gasteiger partial charge in [-0.2, -0.15) is 0 Å². The number of nitrogens with zero attached hydrogens (tertiary/aromatic N) is 1. The van der Waals surface area contributed by atoms with Gasteiger partial charge < -0.3 is 14.2 Å². The predicted molar refractivity (Wildman–Crippen MR) is 119 cm³/mol. The monoisotopic (exact) mass is 450 g/mol. The summed E-state index contributed by atoms with van der Waals surface area (Å²) < 4.78 is 11.5. The highest BCUT2D eigenvalue weighted by atomic mass is 35.5. The van der Waals surface area contributed by atoms with E-state index in [0.717, 1.165) is 37.5 Å². The summed E-state index contributed by atoms with van der Waals surface area (Å²) in [6.45, 7) is 4.21. The molecule has 1 amide bonds. The van der Waals surface area contributed by atoms with Crippen molar-refractivity contribution >= 4 is 40.9 Å². The SMILES string of the molecule is Cc1ccc(C(CNC(=O)c2cc(=O)c3cc(Cl)ccc3o2)N2CCCCC2)o1.Cl. The summed E-state index contributed by atoms with van der Waals surface area (Å²) in [6, 6.07) is 9.80. The number of aryl methyl sites for hydroxylation is 1. The van der Waals surface area contributed by atoms with Crippen LogP contribution in [0.4, 0.5) is 0 Å². The minimum absolute atomic E-state index is 0. The molecule has 0 aliphatic carbocycles. The van der Waals surface area contributed by atoms with Crippen LogP contribution in [-0.4, -0.2) is 30.4 Å². The smallest absolute Gasteiger partial charge is 0.287 e. The molecule has 1 N–H and O–H groups in total. The lowest BCUT2D eigenvalue weighted by atomic mass is 10.1. The van der Waals surface area contributed by atoms with Crippen molar-refractivity contribution in [3.05, 3.63) is 68.9 Å². The summed E-state index contributed by atoms with van der Waals surface area (Å²) in [7, 11) is 0. The molecule has 0 radical (unpaired) electrons. The van der Waals surface area contributed by atoms with Crippen LogP contribution in [0.3, 0.4) is 0 Å². The Morgan fingerprint density at radius 3 is 2.60 bits per heavy atom. The minimum Gasteiger partial charge on any atom is -0.465 e. The number of benzene rings is 1. The number of nitrogens with one attached hydrogen (secondary N) is 1. The second-order valence-corrected chi connectivity index (χ2v) is 7.82. The van der Waals surface area contributed by atoms with Crippen LogP contribution in [0.5, 0.6) is 0 Å². The molecule has 4 rings (SSSR count). The first kappa shape index (κ1) is 22.4. The minimum atomic E-state index is -0.427. The Balaban J connectivity index is 0.00000256. The van der Waals surface area contributed by atoms with Crippen molar-refractivity contribution in [2.24, 2.45) is 0 Å². The fraction of sp³-hybridized carbons (Fsp3) is 0.364. The number of carbonyl (C=O) groups is 1. The number of hydrogen-bond acceptors (Lipinski definition) is 5. The summed E-state index contributed by atoms with van der Waals surface area (Å²) in [4.78, 5) is 27.4. The Morgan fingerprint density at radius 2 is 1.90 bits per heavy atom. The number of fused-ring (bicyclic) bond motifs is 1.